The molecular weight excluding hydrogens is 764 g/mol. The van der Waals surface area contributed by atoms with Gasteiger partial charge in [-0.15, -0.1) is 6.58 Å². The number of hydrogen-bond donors (Lipinski definition) is 0. The van der Waals surface area contributed by atoms with Crippen LogP contribution in [-0.2, 0) is 86.3 Å². The number of benzene rings is 3. The van der Waals surface area contributed by atoms with Crippen molar-refractivity contribution in [2.24, 2.45) is 0 Å². The van der Waals surface area contributed by atoms with E-state index in [0.29, 0.717) is 0 Å². The highest BCUT2D eigenvalue weighted by molar-refractivity contribution is 5.67. The molecule has 14 heteroatoms. The number of methoxy groups -OCH3 is 1. The first-order valence-corrected chi connectivity index (χ1v) is 19.4. The van der Waals surface area contributed by atoms with Crippen LogP contribution < -0.4 is 0 Å². The predicted molar refractivity (Wildman–Crippen MR) is 212 cm³/mol. The lowest BCUT2D eigenvalue weighted by Gasteiger charge is -2.52. The highest BCUT2D eigenvalue weighted by atomic mass is 16.8. The van der Waals surface area contributed by atoms with Gasteiger partial charge in [-0.05, 0) is 16.7 Å². The van der Waals surface area contributed by atoms with Crippen molar-refractivity contribution in [2.75, 3.05) is 26.9 Å². The lowest BCUT2D eigenvalue weighted by atomic mass is 9.86. The van der Waals surface area contributed by atoms with E-state index in [2.05, 4.69) is 13.2 Å². The molecule has 3 aromatic carbocycles. The Morgan fingerprint density at radius 3 is 1.73 bits per heavy atom. The molecule has 2 aliphatic heterocycles. The van der Waals surface area contributed by atoms with Crippen molar-refractivity contribution < 1.29 is 66.5 Å². The van der Waals surface area contributed by atoms with Crippen molar-refractivity contribution in [2.45, 2.75) is 102 Å². The molecule has 0 aromatic heterocycles. The van der Waals surface area contributed by atoms with Gasteiger partial charge in [-0.25, -0.2) is 0 Å². The molecule has 5 rings (SSSR count). The highest BCUT2D eigenvalue weighted by Gasteiger charge is 2.60. The van der Waals surface area contributed by atoms with Gasteiger partial charge in [0.15, 0.2) is 30.4 Å². The van der Waals surface area contributed by atoms with Crippen molar-refractivity contribution in [1.82, 2.24) is 0 Å². The minimum atomic E-state index is -1.78. The third-order valence-electron chi connectivity index (χ3n) is 9.63. The van der Waals surface area contributed by atoms with Crippen LogP contribution in [0, 0.1) is 0 Å². The molecule has 0 saturated carbocycles. The van der Waals surface area contributed by atoms with Crippen molar-refractivity contribution in [3.05, 3.63) is 133 Å². The zero-order chi connectivity index (χ0) is 42.2. The second-order valence-electron chi connectivity index (χ2n) is 14.0. The van der Waals surface area contributed by atoms with E-state index in [9.17, 15) is 14.4 Å². The maximum Gasteiger partial charge on any atom is 0.303 e. The Bertz CT molecular complexity index is 1770. The first kappa shape index (κ1) is 45.3. The Labute approximate surface area is 345 Å². The number of carbonyl (C=O) groups is 3. The molecule has 14 nitrogen and oxygen atoms in total. The first-order chi connectivity index (χ1) is 28.6. The Morgan fingerprint density at radius 1 is 0.661 bits per heavy atom. The Morgan fingerprint density at radius 2 is 1.22 bits per heavy atom. The highest BCUT2D eigenvalue weighted by Crippen LogP contribution is 2.40. The number of hydrogen-bond acceptors (Lipinski definition) is 14. The van der Waals surface area contributed by atoms with Gasteiger partial charge < -0.3 is 52.1 Å². The van der Waals surface area contributed by atoms with Crippen LogP contribution in [0.3, 0.4) is 0 Å². The molecule has 3 aromatic rings. The van der Waals surface area contributed by atoms with Gasteiger partial charge in [0, 0.05) is 27.9 Å². The SMILES string of the molecule is C=CCO[C@@H]1[C@@H](OC(C)=O)[C@H](O[C@H]2[C@H](OCc3ccccc3)[C@@H](OCc3ccccc3)[C@@H](OC)O[C@@H]2COCc2ccccc2)O[C@](C=C)(COC(C)=O)[C@H]1OC(C)=O. The summed E-state index contributed by atoms with van der Waals surface area (Å²) >= 11 is 0. The second kappa shape index (κ2) is 22.6. The van der Waals surface area contributed by atoms with Crippen LogP contribution in [0.5, 0.6) is 0 Å². The van der Waals surface area contributed by atoms with Crippen LogP contribution in [0.1, 0.15) is 37.5 Å². The zero-order valence-corrected chi connectivity index (χ0v) is 33.9. The molecule has 0 unspecified atom stereocenters. The van der Waals surface area contributed by atoms with Gasteiger partial charge in [-0.3, -0.25) is 14.4 Å². The molecule has 10 atom stereocenters. The van der Waals surface area contributed by atoms with Gasteiger partial charge in [-0.2, -0.15) is 0 Å². The maximum absolute atomic E-state index is 12.8. The summed E-state index contributed by atoms with van der Waals surface area (Å²) < 4.78 is 69.1. The molecule has 0 bridgehead atoms. The van der Waals surface area contributed by atoms with E-state index >= 15 is 0 Å². The summed E-state index contributed by atoms with van der Waals surface area (Å²) in [5.41, 5.74) is 0.903. The van der Waals surface area contributed by atoms with Crippen LogP contribution in [0.2, 0.25) is 0 Å². The zero-order valence-electron chi connectivity index (χ0n) is 33.9. The van der Waals surface area contributed by atoms with E-state index in [4.69, 9.17) is 52.1 Å². The third kappa shape index (κ3) is 12.6. The quantitative estimate of drug-likeness (QED) is 0.0765. The molecule has 0 aliphatic carbocycles. The van der Waals surface area contributed by atoms with Crippen LogP contribution >= 0.6 is 0 Å². The van der Waals surface area contributed by atoms with Gasteiger partial charge in [0.05, 0.1) is 33.0 Å². The summed E-state index contributed by atoms with van der Waals surface area (Å²) in [6.45, 7) is 11.3. The van der Waals surface area contributed by atoms with E-state index < -0.39 is 85.4 Å². The average Bonchev–Trinajstić information content (AvgIpc) is 3.23. The standard InChI is InChI=1S/C45H54O14/c1-7-24-51-39-41(55-31(4)47)44(59-45(8-2,29-54-30(3)46)42(39)56-32(5)48)58-37-36(28-50-25-33-18-12-9-13-19-33)57-43(49-6)40(53-27-35-22-16-11-17-23-35)38(37)52-26-34-20-14-10-15-21-34/h7-23,36-44H,1-2,24-29H2,3-6H3/t36-,37-,38+,39-,40-,41-,42+,43+,44-,45-/m1/s1. The molecule has 0 radical (unpaired) electrons. The Hall–Kier alpha value is -4.77. The normalized spacial score (nSPS) is 27.9. The second-order valence-corrected chi connectivity index (χ2v) is 14.0. The largest absolute Gasteiger partial charge is 0.462 e. The summed E-state index contributed by atoms with van der Waals surface area (Å²) in [7, 11) is 1.51. The van der Waals surface area contributed by atoms with Crippen molar-refractivity contribution in [1.29, 1.82) is 0 Å². The van der Waals surface area contributed by atoms with Crippen LogP contribution in [0.25, 0.3) is 0 Å². The van der Waals surface area contributed by atoms with E-state index in [1.807, 2.05) is 91.0 Å². The van der Waals surface area contributed by atoms with E-state index in [-0.39, 0.29) is 33.0 Å². The molecule has 2 heterocycles. The number of ether oxygens (including phenoxy) is 11. The molecule has 0 spiro atoms. The number of rotatable bonds is 21. The molecular formula is C45H54O14. The summed E-state index contributed by atoms with van der Waals surface area (Å²) in [6, 6.07) is 28.8. The van der Waals surface area contributed by atoms with Crippen LogP contribution in [0.4, 0.5) is 0 Å². The monoisotopic (exact) mass is 818 g/mol. The Balaban J connectivity index is 1.61. The fourth-order valence-electron chi connectivity index (χ4n) is 6.92. The van der Waals surface area contributed by atoms with Gasteiger partial charge in [0.25, 0.3) is 0 Å². The van der Waals surface area contributed by atoms with Crippen molar-refractivity contribution >= 4 is 17.9 Å². The third-order valence-corrected chi connectivity index (χ3v) is 9.63. The fraction of sp³-hybridized carbons (Fsp3) is 0.444. The van der Waals surface area contributed by atoms with Crippen LogP contribution in [0.15, 0.2) is 116 Å². The molecule has 0 amide bonds. The molecule has 0 N–H and O–H groups in total. The summed E-state index contributed by atoms with van der Waals surface area (Å²) in [6.07, 6.45) is -7.51. The minimum Gasteiger partial charge on any atom is -0.462 e. The Kier molecular flexibility index (Phi) is 17.3. The fourth-order valence-corrected chi connectivity index (χ4v) is 6.92. The first-order valence-electron chi connectivity index (χ1n) is 19.4. The number of esters is 3. The number of carbonyl (C=O) groups excluding carboxylic acids is 3. The van der Waals surface area contributed by atoms with Crippen molar-refractivity contribution in [3.63, 3.8) is 0 Å². The van der Waals surface area contributed by atoms with Crippen LogP contribution in [-0.4, -0.2) is 106 Å². The maximum atomic E-state index is 12.8. The van der Waals surface area contributed by atoms with Gasteiger partial charge in [0.2, 0.25) is 0 Å². The van der Waals surface area contributed by atoms with E-state index in [0.717, 1.165) is 16.7 Å². The molecule has 59 heavy (non-hydrogen) atoms. The van der Waals surface area contributed by atoms with Crippen molar-refractivity contribution in [3.8, 4) is 0 Å². The van der Waals surface area contributed by atoms with Gasteiger partial charge in [-0.1, -0.05) is 110 Å². The topological polar surface area (TPSA) is 153 Å². The summed E-state index contributed by atoms with van der Waals surface area (Å²) in [5, 5.41) is 0. The summed E-state index contributed by atoms with van der Waals surface area (Å²) in [4.78, 5) is 37.7. The lowest BCUT2D eigenvalue weighted by Crippen LogP contribution is -2.70. The smallest absolute Gasteiger partial charge is 0.303 e. The van der Waals surface area contributed by atoms with Gasteiger partial charge in [0.1, 0.15) is 37.1 Å². The lowest BCUT2D eigenvalue weighted by molar-refractivity contribution is -0.378. The molecule has 2 aliphatic rings. The minimum absolute atomic E-state index is 0.0203. The van der Waals surface area contributed by atoms with E-state index in [1.165, 1.54) is 40.0 Å². The molecule has 2 saturated heterocycles. The molecule has 318 valence electrons. The van der Waals surface area contributed by atoms with E-state index in [1.54, 1.807) is 0 Å². The average molecular weight is 819 g/mol. The predicted octanol–water partition coefficient (Wildman–Crippen LogP) is 5.41. The summed E-state index contributed by atoms with van der Waals surface area (Å²) in [5.74, 6) is -2.07. The molecule has 2 fully saturated rings. The van der Waals surface area contributed by atoms with Gasteiger partial charge >= 0.3 is 17.9 Å².